The van der Waals surface area contributed by atoms with E-state index in [4.69, 9.17) is 9.53 Å². The van der Waals surface area contributed by atoms with Gasteiger partial charge >= 0.3 is 6.18 Å². The van der Waals surface area contributed by atoms with E-state index in [1.54, 1.807) is 4.57 Å². The molecule has 0 aliphatic carbocycles. The minimum absolute atomic E-state index is 0.0791. The number of morpholine rings is 1. The summed E-state index contributed by atoms with van der Waals surface area (Å²) in [4.78, 5) is 25.0. The number of aldehydes is 1. The fraction of sp³-hybridized carbons (Fsp3) is 0.348. The fourth-order valence-electron chi connectivity index (χ4n) is 3.62. The van der Waals surface area contributed by atoms with Crippen molar-refractivity contribution in [2.45, 2.75) is 25.7 Å². The lowest BCUT2D eigenvalue weighted by Crippen LogP contribution is -2.40. The third-order valence-electron chi connectivity index (χ3n) is 5.18. The zero-order valence-corrected chi connectivity index (χ0v) is 18.9. The molecule has 12 heteroatoms. The molecule has 2 heterocycles. The van der Waals surface area contributed by atoms with E-state index in [1.165, 1.54) is 7.05 Å². The first-order chi connectivity index (χ1) is 16.5. The normalized spacial score (nSPS) is 15.9. The number of hydrogen-bond donors (Lipinski definition) is 2. The molecule has 35 heavy (non-hydrogen) atoms. The maximum absolute atomic E-state index is 14.9. The summed E-state index contributed by atoms with van der Waals surface area (Å²) in [5.41, 5.74) is 2.09. The number of fused-ring (bicyclic) bond motifs is 1. The quantitative estimate of drug-likeness (QED) is 0.426. The van der Waals surface area contributed by atoms with E-state index in [-0.39, 0.29) is 23.1 Å². The van der Waals surface area contributed by atoms with Crippen LogP contribution in [0, 0.1) is 18.6 Å². The van der Waals surface area contributed by atoms with Gasteiger partial charge in [0.1, 0.15) is 17.5 Å². The number of aromatic nitrogens is 2. The van der Waals surface area contributed by atoms with Crippen molar-refractivity contribution in [2.24, 2.45) is 0 Å². The summed E-state index contributed by atoms with van der Waals surface area (Å²) in [6.45, 7) is 4.34. The first-order valence-corrected chi connectivity index (χ1v) is 10.6. The minimum atomic E-state index is -4.64. The third-order valence-corrected chi connectivity index (χ3v) is 5.18. The molecule has 1 aliphatic rings. The second-order valence-electron chi connectivity index (χ2n) is 7.79. The minimum Gasteiger partial charge on any atom is -0.374 e. The van der Waals surface area contributed by atoms with Crippen molar-refractivity contribution >= 4 is 23.2 Å². The van der Waals surface area contributed by atoms with E-state index in [2.05, 4.69) is 15.6 Å². The molecule has 1 atom stereocenters. The Morgan fingerprint density at radius 3 is 2.46 bits per heavy atom. The number of ether oxygens (including phenoxy) is 1. The molecule has 0 spiro atoms. The Morgan fingerprint density at radius 2 is 1.91 bits per heavy atom. The number of hydrogen-bond acceptors (Lipinski definition) is 5. The first kappa shape index (κ1) is 26.2. The number of nitrogens with one attached hydrogen (secondary N) is 2. The van der Waals surface area contributed by atoms with E-state index in [0.29, 0.717) is 25.2 Å². The van der Waals surface area contributed by atoms with E-state index >= 15 is 0 Å². The molecule has 0 bridgehead atoms. The van der Waals surface area contributed by atoms with Crippen molar-refractivity contribution < 1.29 is 36.3 Å². The number of rotatable bonds is 4. The Balaban J connectivity index is 0.000000509. The van der Waals surface area contributed by atoms with Gasteiger partial charge < -0.3 is 19.9 Å². The van der Waals surface area contributed by atoms with Gasteiger partial charge in [0.2, 0.25) is 6.29 Å². The molecule has 0 radical (unpaired) electrons. The summed E-state index contributed by atoms with van der Waals surface area (Å²) < 4.78 is 68.7. The van der Waals surface area contributed by atoms with Crippen LogP contribution in [0.15, 0.2) is 30.3 Å². The second-order valence-corrected chi connectivity index (χ2v) is 7.79. The van der Waals surface area contributed by atoms with Gasteiger partial charge in [0.25, 0.3) is 5.91 Å². The molecule has 2 N–H and O–H groups in total. The van der Waals surface area contributed by atoms with Gasteiger partial charge in [-0.3, -0.25) is 9.59 Å². The van der Waals surface area contributed by atoms with Crippen LogP contribution in [0.1, 0.15) is 15.9 Å². The number of carbonyl (C=O) groups excluding carboxylic acids is 2. The van der Waals surface area contributed by atoms with Crippen molar-refractivity contribution in [1.29, 1.82) is 0 Å². The highest BCUT2D eigenvalue weighted by molar-refractivity contribution is 5.94. The third kappa shape index (κ3) is 6.40. The van der Waals surface area contributed by atoms with Crippen molar-refractivity contribution in [3.63, 3.8) is 0 Å². The molecule has 1 aliphatic heterocycles. The van der Waals surface area contributed by atoms with Crippen LogP contribution in [-0.2, 0) is 16.1 Å². The largest absolute Gasteiger partial charge is 0.446 e. The zero-order valence-electron chi connectivity index (χ0n) is 18.9. The van der Waals surface area contributed by atoms with Gasteiger partial charge in [-0.15, -0.1) is 0 Å². The van der Waals surface area contributed by atoms with Gasteiger partial charge in [-0.1, -0.05) is 6.07 Å². The molecule has 3 aromatic rings. The van der Waals surface area contributed by atoms with E-state index in [9.17, 15) is 26.7 Å². The average molecular weight is 498 g/mol. The summed E-state index contributed by atoms with van der Waals surface area (Å²) in [7, 11) is 1.41. The van der Waals surface area contributed by atoms with Crippen LogP contribution in [0.25, 0.3) is 22.4 Å². The van der Waals surface area contributed by atoms with Crippen LogP contribution in [0.3, 0.4) is 0 Å². The number of halogens is 5. The predicted octanol–water partition coefficient (Wildman–Crippen LogP) is 3.39. The molecule has 4 rings (SSSR count). The molecular formula is C23H23F5N4O3. The Morgan fingerprint density at radius 1 is 1.26 bits per heavy atom. The molecule has 1 aromatic heterocycles. The number of alkyl halides is 3. The van der Waals surface area contributed by atoms with E-state index < -0.39 is 30.0 Å². The van der Waals surface area contributed by atoms with Crippen molar-refractivity contribution in [1.82, 2.24) is 20.2 Å². The van der Waals surface area contributed by atoms with Gasteiger partial charge in [-0.05, 0) is 36.8 Å². The summed E-state index contributed by atoms with van der Waals surface area (Å²) in [5, 5.41) is 5.63. The number of carbonyl (C=O) groups is 2. The summed E-state index contributed by atoms with van der Waals surface area (Å²) in [5.74, 6) is -2.04. The Labute approximate surface area is 197 Å². The first-order valence-electron chi connectivity index (χ1n) is 10.6. The predicted molar refractivity (Wildman–Crippen MR) is 118 cm³/mol. The molecule has 2 aromatic carbocycles. The van der Waals surface area contributed by atoms with Crippen LogP contribution in [0.2, 0.25) is 0 Å². The number of amides is 1. The highest BCUT2D eigenvalue weighted by atomic mass is 19.4. The van der Waals surface area contributed by atoms with Crippen molar-refractivity contribution in [3.8, 4) is 11.4 Å². The number of aryl methyl sites for hydroxylation is 1. The van der Waals surface area contributed by atoms with Gasteiger partial charge in [0.15, 0.2) is 0 Å². The molecule has 0 saturated carbocycles. The molecule has 0 unspecified atom stereocenters. The van der Waals surface area contributed by atoms with Gasteiger partial charge in [0.05, 0.1) is 35.9 Å². The Kier molecular flexibility index (Phi) is 8.18. The molecule has 1 fully saturated rings. The summed E-state index contributed by atoms with van der Waals surface area (Å²) in [6.07, 6.45) is -5.84. The summed E-state index contributed by atoms with van der Waals surface area (Å²) in [6, 6.07) is 7.78. The standard InChI is InChI=1S/C21H22F2N4O2.C2HF3O/c1-12-3-4-18-17(7-12)26-20(27(18)11-14-10-25-5-6-29-14)19-15(22)8-13(9-16(19)23)21(28)24-2;3-2(4,5)1-6/h3-4,7-9,14,25H,5-6,10-11H2,1-2H3,(H,24,28);1H/t14-;/m0./s1. The monoisotopic (exact) mass is 498 g/mol. The lowest BCUT2D eigenvalue weighted by Gasteiger charge is -2.25. The van der Waals surface area contributed by atoms with Crippen molar-refractivity contribution in [2.75, 3.05) is 26.7 Å². The molecule has 7 nitrogen and oxygen atoms in total. The lowest BCUT2D eigenvalue weighted by molar-refractivity contribution is -0.156. The lowest BCUT2D eigenvalue weighted by atomic mass is 10.1. The Hall–Kier alpha value is -3.38. The molecule has 1 saturated heterocycles. The van der Waals surface area contributed by atoms with Crippen LogP contribution in [0.5, 0.6) is 0 Å². The average Bonchev–Trinajstić information content (AvgIpc) is 3.15. The van der Waals surface area contributed by atoms with Crippen molar-refractivity contribution in [3.05, 3.63) is 53.1 Å². The zero-order chi connectivity index (χ0) is 25.8. The van der Waals surface area contributed by atoms with E-state index in [1.807, 2.05) is 25.1 Å². The van der Waals surface area contributed by atoms with Gasteiger partial charge in [-0.2, -0.15) is 13.2 Å². The molecule has 188 valence electrons. The number of nitrogens with zero attached hydrogens (tertiary/aromatic N) is 2. The van der Waals surface area contributed by atoms with Crippen LogP contribution >= 0.6 is 0 Å². The van der Waals surface area contributed by atoms with Gasteiger partial charge in [-0.25, -0.2) is 13.8 Å². The topological polar surface area (TPSA) is 85.2 Å². The SMILES string of the molecule is CNC(=O)c1cc(F)c(-c2nc3cc(C)ccc3n2C[C@@H]2CNCCO2)c(F)c1.O=CC(F)(F)F. The van der Waals surface area contributed by atoms with E-state index in [0.717, 1.165) is 29.8 Å². The highest BCUT2D eigenvalue weighted by Gasteiger charge is 2.25. The second kappa shape index (κ2) is 10.9. The van der Waals surface area contributed by atoms with Gasteiger partial charge in [0, 0.05) is 25.7 Å². The number of benzene rings is 2. The Bertz CT molecular complexity index is 1200. The maximum atomic E-state index is 14.9. The van der Waals surface area contributed by atoms with Crippen LogP contribution in [0.4, 0.5) is 22.0 Å². The molecular weight excluding hydrogens is 475 g/mol. The summed E-state index contributed by atoms with van der Waals surface area (Å²) >= 11 is 0. The van der Waals surface area contributed by atoms with Crippen LogP contribution < -0.4 is 10.6 Å². The van der Waals surface area contributed by atoms with Crippen LogP contribution in [-0.4, -0.2) is 60.8 Å². The fourth-order valence-corrected chi connectivity index (χ4v) is 3.62. The number of imidazole rings is 1. The molecule has 1 amide bonds. The highest BCUT2D eigenvalue weighted by Crippen LogP contribution is 2.31. The smallest absolute Gasteiger partial charge is 0.374 e. The maximum Gasteiger partial charge on any atom is 0.446 e.